The standard InChI is InChI=1S/C13H17NO5/c1-7-6-14-10(8(2)11(7)18-3)5-9(12(15)16)13(17)19-4/h6,9H,5H2,1-4H3,(H,15,16). The number of aromatic nitrogens is 1. The van der Waals surface area contributed by atoms with E-state index >= 15 is 0 Å². The van der Waals surface area contributed by atoms with Crippen molar-refractivity contribution in [3.8, 4) is 5.75 Å². The highest BCUT2D eigenvalue weighted by atomic mass is 16.5. The summed E-state index contributed by atoms with van der Waals surface area (Å²) >= 11 is 0. The Labute approximate surface area is 111 Å². The van der Waals surface area contributed by atoms with Gasteiger partial charge in [-0.1, -0.05) is 0 Å². The van der Waals surface area contributed by atoms with E-state index in [0.29, 0.717) is 11.4 Å². The molecule has 0 radical (unpaired) electrons. The zero-order valence-corrected chi connectivity index (χ0v) is 11.4. The van der Waals surface area contributed by atoms with Gasteiger partial charge in [-0.15, -0.1) is 0 Å². The van der Waals surface area contributed by atoms with Crippen LogP contribution in [-0.2, 0) is 20.7 Å². The molecule has 1 aromatic rings. The topological polar surface area (TPSA) is 85.7 Å². The molecule has 1 N–H and O–H groups in total. The maximum absolute atomic E-state index is 11.4. The summed E-state index contributed by atoms with van der Waals surface area (Å²) in [5, 5.41) is 9.05. The van der Waals surface area contributed by atoms with Crippen LogP contribution in [-0.4, -0.2) is 36.2 Å². The van der Waals surface area contributed by atoms with Gasteiger partial charge in [-0.2, -0.15) is 0 Å². The molecule has 0 saturated heterocycles. The van der Waals surface area contributed by atoms with Crippen LogP contribution in [0.2, 0.25) is 0 Å². The highest BCUT2D eigenvalue weighted by Gasteiger charge is 2.29. The zero-order valence-electron chi connectivity index (χ0n) is 11.4. The van der Waals surface area contributed by atoms with E-state index < -0.39 is 17.9 Å². The smallest absolute Gasteiger partial charge is 0.320 e. The van der Waals surface area contributed by atoms with Crippen molar-refractivity contribution in [1.29, 1.82) is 0 Å². The average Bonchev–Trinajstić information content (AvgIpc) is 2.37. The van der Waals surface area contributed by atoms with Crippen LogP contribution < -0.4 is 4.74 Å². The van der Waals surface area contributed by atoms with Crippen molar-refractivity contribution in [3.05, 3.63) is 23.0 Å². The minimum atomic E-state index is -1.26. The average molecular weight is 267 g/mol. The SMILES string of the molecule is COC(=O)C(Cc1ncc(C)c(OC)c1C)C(=O)O. The van der Waals surface area contributed by atoms with Gasteiger partial charge in [0.05, 0.1) is 14.2 Å². The largest absolute Gasteiger partial charge is 0.496 e. The van der Waals surface area contributed by atoms with Crippen molar-refractivity contribution < 1.29 is 24.2 Å². The summed E-state index contributed by atoms with van der Waals surface area (Å²) in [5.41, 5.74) is 2.10. The summed E-state index contributed by atoms with van der Waals surface area (Å²) in [6.45, 7) is 3.63. The fourth-order valence-corrected chi connectivity index (χ4v) is 1.88. The molecule has 0 fully saturated rings. The molecule has 0 aliphatic rings. The van der Waals surface area contributed by atoms with E-state index in [1.165, 1.54) is 7.11 Å². The van der Waals surface area contributed by atoms with E-state index in [1.54, 1.807) is 13.1 Å². The molecule has 1 rings (SSSR count). The third-order valence-corrected chi connectivity index (χ3v) is 2.93. The van der Waals surface area contributed by atoms with Gasteiger partial charge in [-0.3, -0.25) is 14.6 Å². The molecule has 1 unspecified atom stereocenters. The number of pyridine rings is 1. The van der Waals surface area contributed by atoms with Crippen molar-refractivity contribution in [2.45, 2.75) is 20.3 Å². The van der Waals surface area contributed by atoms with Crippen LogP contribution in [0.3, 0.4) is 0 Å². The molecule has 0 aromatic carbocycles. The Hall–Kier alpha value is -2.11. The van der Waals surface area contributed by atoms with Crippen LogP contribution in [0.5, 0.6) is 5.75 Å². The monoisotopic (exact) mass is 267 g/mol. The fraction of sp³-hybridized carbons (Fsp3) is 0.462. The summed E-state index contributed by atoms with van der Waals surface area (Å²) in [6.07, 6.45) is 1.57. The predicted octanol–water partition coefficient (Wildman–Crippen LogP) is 1.12. The number of rotatable bonds is 5. The lowest BCUT2D eigenvalue weighted by Gasteiger charge is -2.14. The number of aliphatic carboxylic acids is 1. The van der Waals surface area contributed by atoms with Gasteiger partial charge in [0, 0.05) is 29.4 Å². The molecular formula is C13H17NO5. The molecule has 6 heteroatoms. The number of carbonyl (C=O) groups is 2. The van der Waals surface area contributed by atoms with E-state index in [9.17, 15) is 9.59 Å². The number of hydrogen-bond acceptors (Lipinski definition) is 5. The molecule has 0 amide bonds. The van der Waals surface area contributed by atoms with Gasteiger partial charge in [0.2, 0.25) is 0 Å². The highest BCUT2D eigenvalue weighted by Crippen LogP contribution is 2.25. The van der Waals surface area contributed by atoms with Gasteiger partial charge < -0.3 is 14.6 Å². The fourth-order valence-electron chi connectivity index (χ4n) is 1.88. The lowest BCUT2D eigenvalue weighted by Crippen LogP contribution is -2.27. The number of esters is 1. The summed E-state index contributed by atoms with van der Waals surface area (Å²) < 4.78 is 9.73. The van der Waals surface area contributed by atoms with Gasteiger partial charge in [0.15, 0.2) is 5.92 Å². The van der Waals surface area contributed by atoms with E-state index in [4.69, 9.17) is 9.84 Å². The minimum absolute atomic E-state index is 0.0233. The molecule has 0 spiro atoms. The van der Waals surface area contributed by atoms with Gasteiger partial charge >= 0.3 is 11.9 Å². The number of hydrogen-bond donors (Lipinski definition) is 1. The lowest BCUT2D eigenvalue weighted by atomic mass is 9.99. The second-order valence-corrected chi connectivity index (χ2v) is 4.16. The molecule has 0 saturated carbocycles. The first-order valence-electron chi connectivity index (χ1n) is 5.72. The van der Waals surface area contributed by atoms with Crippen molar-refractivity contribution in [1.82, 2.24) is 4.98 Å². The van der Waals surface area contributed by atoms with Crippen LogP contribution in [0, 0.1) is 19.8 Å². The van der Waals surface area contributed by atoms with Crippen molar-refractivity contribution in [2.24, 2.45) is 5.92 Å². The quantitative estimate of drug-likeness (QED) is 0.635. The van der Waals surface area contributed by atoms with Gasteiger partial charge in [0.25, 0.3) is 0 Å². The summed E-state index contributed by atoms with van der Waals surface area (Å²) in [5.74, 6) is -2.62. The minimum Gasteiger partial charge on any atom is -0.496 e. The van der Waals surface area contributed by atoms with Gasteiger partial charge in [-0.05, 0) is 13.8 Å². The number of carboxylic acids is 1. The van der Waals surface area contributed by atoms with E-state index in [-0.39, 0.29) is 6.42 Å². The first-order valence-corrected chi connectivity index (χ1v) is 5.72. The zero-order chi connectivity index (χ0) is 14.6. The molecule has 1 atom stereocenters. The first kappa shape index (κ1) is 14.9. The second kappa shape index (κ2) is 6.17. The van der Waals surface area contributed by atoms with E-state index in [0.717, 1.165) is 18.2 Å². The van der Waals surface area contributed by atoms with Crippen LogP contribution >= 0.6 is 0 Å². The lowest BCUT2D eigenvalue weighted by molar-refractivity contribution is -0.156. The van der Waals surface area contributed by atoms with Crippen molar-refractivity contribution in [3.63, 3.8) is 0 Å². The normalized spacial score (nSPS) is 11.8. The maximum Gasteiger partial charge on any atom is 0.320 e. The molecule has 0 aliphatic heterocycles. The van der Waals surface area contributed by atoms with Crippen molar-refractivity contribution >= 4 is 11.9 Å². The Morgan fingerprint density at radius 3 is 2.47 bits per heavy atom. The molecule has 1 aromatic heterocycles. The van der Waals surface area contributed by atoms with Crippen molar-refractivity contribution in [2.75, 3.05) is 14.2 Å². The van der Waals surface area contributed by atoms with Gasteiger partial charge in [0.1, 0.15) is 5.75 Å². The number of methoxy groups -OCH3 is 2. The summed E-state index contributed by atoms with van der Waals surface area (Å²) in [6, 6.07) is 0. The Bertz CT molecular complexity index is 498. The molecule has 19 heavy (non-hydrogen) atoms. The molecule has 104 valence electrons. The third kappa shape index (κ3) is 3.21. The number of aryl methyl sites for hydroxylation is 1. The predicted molar refractivity (Wildman–Crippen MR) is 67.1 cm³/mol. The number of carboxylic acid groups (broad SMARTS) is 1. The van der Waals surface area contributed by atoms with Crippen LogP contribution in [0.4, 0.5) is 0 Å². The Balaban J connectivity index is 3.10. The summed E-state index contributed by atoms with van der Waals surface area (Å²) in [7, 11) is 2.70. The number of carbonyl (C=O) groups excluding carboxylic acids is 1. The summed E-state index contributed by atoms with van der Waals surface area (Å²) in [4.78, 5) is 26.7. The van der Waals surface area contributed by atoms with Crippen LogP contribution in [0.1, 0.15) is 16.8 Å². The Morgan fingerprint density at radius 2 is 2.00 bits per heavy atom. The molecule has 0 aliphatic carbocycles. The van der Waals surface area contributed by atoms with E-state index in [2.05, 4.69) is 9.72 Å². The Kier molecular flexibility index (Phi) is 4.86. The maximum atomic E-state index is 11.4. The second-order valence-electron chi connectivity index (χ2n) is 4.16. The Morgan fingerprint density at radius 1 is 1.37 bits per heavy atom. The number of ether oxygens (including phenoxy) is 2. The van der Waals surface area contributed by atoms with Crippen LogP contribution in [0.15, 0.2) is 6.20 Å². The molecule has 1 heterocycles. The third-order valence-electron chi connectivity index (χ3n) is 2.93. The highest BCUT2D eigenvalue weighted by molar-refractivity contribution is 5.94. The number of nitrogens with zero attached hydrogens (tertiary/aromatic N) is 1. The van der Waals surface area contributed by atoms with Gasteiger partial charge in [-0.25, -0.2) is 0 Å². The van der Waals surface area contributed by atoms with Crippen LogP contribution in [0.25, 0.3) is 0 Å². The molecule has 0 bridgehead atoms. The molecular weight excluding hydrogens is 250 g/mol. The first-order chi connectivity index (χ1) is 8.92. The molecule has 6 nitrogen and oxygen atoms in total. The van der Waals surface area contributed by atoms with E-state index in [1.807, 2.05) is 6.92 Å².